The molecule has 0 bridgehead atoms. The van der Waals surface area contributed by atoms with Crippen molar-refractivity contribution in [3.8, 4) is 0 Å². The van der Waals surface area contributed by atoms with Crippen LogP contribution in [-0.2, 0) is 0 Å². The van der Waals surface area contributed by atoms with Crippen molar-refractivity contribution in [3.63, 3.8) is 0 Å². The summed E-state index contributed by atoms with van der Waals surface area (Å²) in [4.78, 5) is 6.65. The second-order valence-electron chi connectivity index (χ2n) is 3.04. The topological polar surface area (TPSA) is 16.1 Å². The SMILES string of the molecule is [CH]1CCN(c2ccccn2)CC1. The van der Waals surface area contributed by atoms with Gasteiger partial charge in [-0.05, 0) is 31.4 Å². The highest BCUT2D eigenvalue weighted by Crippen LogP contribution is 2.15. The fourth-order valence-electron chi connectivity index (χ4n) is 1.52. The third kappa shape index (κ3) is 1.58. The molecule has 63 valence electrons. The molecule has 1 radical (unpaired) electrons. The van der Waals surface area contributed by atoms with Crippen molar-refractivity contribution in [1.29, 1.82) is 0 Å². The number of aromatic nitrogens is 1. The second-order valence-corrected chi connectivity index (χ2v) is 3.04. The van der Waals surface area contributed by atoms with Gasteiger partial charge in [-0.25, -0.2) is 4.98 Å². The van der Waals surface area contributed by atoms with Gasteiger partial charge >= 0.3 is 0 Å². The molecule has 0 aromatic carbocycles. The Kier molecular flexibility index (Phi) is 2.26. The predicted molar refractivity (Wildman–Crippen MR) is 50.0 cm³/mol. The number of hydrogen-bond donors (Lipinski definition) is 0. The molecule has 0 N–H and O–H groups in total. The predicted octanol–water partition coefficient (Wildman–Crippen LogP) is 1.89. The molecule has 1 saturated heterocycles. The van der Waals surface area contributed by atoms with Crippen LogP contribution in [0.25, 0.3) is 0 Å². The largest absolute Gasteiger partial charge is 0.357 e. The molecule has 1 aromatic heterocycles. The number of pyridine rings is 1. The van der Waals surface area contributed by atoms with Gasteiger partial charge in [0.05, 0.1) is 0 Å². The van der Waals surface area contributed by atoms with Crippen LogP contribution in [0.15, 0.2) is 24.4 Å². The van der Waals surface area contributed by atoms with Gasteiger partial charge in [0.1, 0.15) is 5.82 Å². The van der Waals surface area contributed by atoms with Crippen molar-refractivity contribution in [2.45, 2.75) is 12.8 Å². The van der Waals surface area contributed by atoms with Crippen molar-refractivity contribution in [2.75, 3.05) is 18.0 Å². The van der Waals surface area contributed by atoms with E-state index in [0.717, 1.165) is 18.9 Å². The lowest BCUT2D eigenvalue weighted by molar-refractivity contribution is 0.671. The number of nitrogens with zero attached hydrogens (tertiary/aromatic N) is 2. The summed E-state index contributed by atoms with van der Waals surface area (Å²) in [5, 5.41) is 0. The lowest BCUT2D eigenvalue weighted by Gasteiger charge is -2.27. The van der Waals surface area contributed by atoms with Crippen LogP contribution in [0.4, 0.5) is 5.82 Å². The fourth-order valence-corrected chi connectivity index (χ4v) is 1.52. The number of hydrogen-bond acceptors (Lipinski definition) is 2. The fraction of sp³-hybridized carbons (Fsp3) is 0.400. The summed E-state index contributed by atoms with van der Waals surface area (Å²) in [5.41, 5.74) is 0. The van der Waals surface area contributed by atoms with E-state index in [4.69, 9.17) is 0 Å². The Balaban J connectivity index is 2.08. The molecule has 1 aliphatic rings. The summed E-state index contributed by atoms with van der Waals surface area (Å²) in [5.74, 6) is 1.12. The summed E-state index contributed by atoms with van der Waals surface area (Å²) < 4.78 is 0. The molecule has 2 rings (SSSR count). The van der Waals surface area contributed by atoms with Gasteiger partial charge in [-0.1, -0.05) is 6.07 Å². The van der Waals surface area contributed by atoms with Gasteiger partial charge in [-0.15, -0.1) is 0 Å². The van der Waals surface area contributed by atoms with Gasteiger partial charge < -0.3 is 4.90 Å². The van der Waals surface area contributed by atoms with E-state index in [1.807, 2.05) is 18.3 Å². The van der Waals surface area contributed by atoms with Crippen molar-refractivity contribution in [3.05, 3.63) is 30.8 Å². The lowest BCUT2D eigenvalue weighted by Crippen LogP contribution is -2.30. The monoisotopic (exact) mass is 161 g/mol. The van der Waals surface area contributed by atoms with E-state index in [2.05, 4.69) is 22.4 Å². The van der Waals surface area contributed by atoms with Gasteiger partial charge in [0, 0.05) is 19.3 Å². The lowest BCUT2D eigenvalue weighted by atomic mass is 10.1. The molecule has 0 atom stereocenters. The van der Waals surface area contributed by atoms with Crippen LogP contribution in [0.5, 0.6) is 0 Å². The van der Waals surface area contributed by atoms with Crippen LogP contribution < -0.4 is 4.90 Å². The van der Waals surface area contributed by atoms with Crippen LogP contribution >= 0.6 is 0 Å². The quantitative estimate of drug-likeness (QED) is 0.625. The molecule has 0 amide bonds. The first-order chi connectivity index (χ1) is 5.97. The minimum absolute atomic E-state index is 1.12. The Hall–Kier alpha value is -1.05. The molecular formula is C10H13N2. The van der Waals surface area contributed by atoms with Crippen molar-refractivity contribution in [1.82, 2.24) is 4.98 Å². The molecule has 2 heterocycles. The van der Waals surface area contributed by atoms with Crippen LogP contribution in [0, 0.1) is 6.42 Å². The van der Waals surface area contributed by atoms with E-state index in [-0.39, 0.29) is 0 Å². The second kappa shape index (κ2) is 3.57. The summed E-state index contributed by atoms with van der Waals surface area (Å²) >= 11 is 0. The maximum Gasteiger partial charge on any atom is 0.128 e. The maximum atomic E-state index is 4.31. The molecule has 12 heavy (non-hydrogen) atoms. The average molecular weight is 161 g/mol. The van der Waals surface area contributed by atoms with Gasteiger partial charge in [-0.2, -0.15) is 0 Å². The Morgan fingerprint density at radius 1 is 1.17 bits per heavy atom. The highest BCUT2D eigenvalue weighted by atomic mass is 15.2. The smallest absolute Gasteiger partial charge is 0.128 e. The average Bonchev–Trinajstić information content (AvgIpc) is 2.21. The third-order valence-corrected chi connectivity index (χ3v) is 2.18. The van der Waals surface area contributed by atoms with Crippen LogP contribution in [0.2, 0.25) is 0 Å². The number of anilines is 1. The zero-order valence-corrected chi connectivity index (χ0v) is 7.11. The van der Waals surface area contributed by atoms with Gasteiger partial charge in [0.25, 0.3) is 0 Å². The Bertz CT molecular complexity index is 227. The van der Waals surface area contributed by atoms with Crippen LogP contribution in [0.3, 0.4) is 0 Å². The first kappa shape index (κ1) is 7.59. The zero-order valence-electron chi connectivity index (χ0n) is 7.11. The molecule has 2 nitrogen and oxygen atoms in total. The summed E-state index contributed by atoms with van der Waals surface area (Å²) in [6, 6.07) is 6.07. The first-order valence-electron chi connectivity index (χ1n) is 4.44. The number of rotatable bonds is 1. The minimum atomic E-state index is 1.12. The van der Waals surface area contributed by atoms with Crippen molar-refractivity contribution < 1.29 is 0 Å². The third-order valence-electron chi connectivity index (χ3n) is 2.18. The first-order valence-corrected chi connectivity index (χ1v) is 4.44. The molecule has 0 unspecified atom stereocenters. The molecule has 2 heteroatoms. The number of piperidine rings is 1. The van der Waals surface area contributed by atoms with E-state index >= 15 is 0 Å². The Labute approximate surface area is 73.2 Å². The normalized spacial score (nSPS) is 17.8. The van der Waals surface area contributed by atoms with Crippen LogP contribution in [0.1, 0.15) is 12.8 Å². The van der Waals surface area contributed by atoms with E-state index in [0.29, 0.717) is 0 Å². The van der Waals surface area contributed by atoms with E-state index in [1.54, 1.807) is 0 Å². The molecule has 1 fully saturated rings. The van der Waals surface area contributed by atoms with E-state index in [9.17, 15) is 0 Å². The molecule has 0 spiro atoms. The molecule has 0 saturated carbocycles. The Morgan fingerprint density at radius 3 is 2.67 bits per heavy atom. The van der Waals surface area contributed by atoms with Crippen molar-refractivity contribution in [2.24, 2.45) is 0 Å². The Morgan fingerprint density at radius 2 is 2.00 bits per heavy atom. The molecule has 0 aliphatic carbocycles. The molecular weight excluding hydrogens is 148 g/mol. The van der Waals surface area contributed by atoms with Crippen molar-refractivity contribution >= 4 is 5.82 Å². The van der Waals surface area contributed by atoms with Gasteiger partial charge in [0.15, 0.2) is 0 Å². The van der Waals surface area contributed by atoms with E-state index < -0.39 is 0 Å². The summed E-state index contributed by atoms with van der Waals surface area (Å²) in [7, 11) is 0. The minimum Gasteiger partial charge on any atom is -0.357 e. The van der Waals surface area contributed by atoms with Crippen LogP contribution in [-0.4, -0.2) is 18.1 Å². The van der Waals surface area contributed by atoms with Gasteiger partial charge in [-0.3, -0.25) is 0 Å². The molecule has 1 aliphatic heterocycles. The zero-order chi connectivity index (χ0) is 8.23. The maximum absolute atomic E-state index is 4.31. The molecule has 1 aromatic rings. The van der Waals surface area contributed by atoms with Gasteiger partial charge in [0.2, 0.25) is 0 Å². The summed E-state index contributed by atoms with van der Waals surface area (Å²) in [6.07, 6.45) is 6.58. The standard InChI is InChI=1S/C10H13N2/c1-4-8-12(9-5-1)10-6-2-3-7-11-10/h1-3,6-7H,4-5,8-9H2. The van der Waals surface area contributed by atoms with E-state index in [1.165, 1.54) is 12.8 Å². The summed E-state index contributed by atoms with van der Waals surface area (Å²) in [6.45, 7) is 2.24. The highest BCUT2D eigenvalue weighted by molar-refractivity contribution is 5.38. The highest BCUT2D eigenvalue weighted by Gasteiger charge is 2.10.